The monoisotopic (exact) mass is 418 g/mol. The van der Waals surface area contributed by atoms with Gasteiger partial charge in [0.25, 0.3) is 10.0 Å². The maximum Gasteiger partial charge on any atom is 0.265 e. The summed E-state index contributed by atoms with van der Waals surface area (Å²) in [6, 6.07) is 9.72. The highest BCUT2D eigenvalue weighted by molar-refractivity contribution is 7.92. The van der Waals surface area contributed by atoms with Gasteiger partial charge in [0.15, 0.2) is 0 Å². The van der Waals surface area contributed by atoms with E-state index in [1.165, 1.54) is 27.4 Å². The second-order valence-corrected chi connectivity index (χ2v) is 7.89. The number of aryl methyl sites for hydroxylation is 2. The first kappa shape index (κ1) is 20.5. The Labute approximate surface area is 169 Å². The molecule has 0 spiro atoms. The van der Waals surface area contributed by atoms with Crippen LogP contribution in [0.15, 0.2) is 45.8 Å². The summed E-state index contributed by atoms with van der Waals surface area (Å²) in [7, 11) is 0.351. The quantitative estimate of drug-likeness (QED) is 0.623. The van der Waals surface area contributed by atoms with Gasteiger partial charge in [0.2, 0.25) is 0 Å². The summed E-state index contributed by atoms with van der Waals surface area (Å²) in [5.41, 5.74) is 2.30. The molecular formula is C20H22N2O6S. The minimum Gasteiger partial charge on any atom is -0.497 e. The lowest BCUT2D eigenvalue weighted by atomic mass is 10.0. The summed E-state index contributed by atoms with van der Waals surface area (Å²) < 4.78 is 49.9. The van der Waals surface area contributed by atoms with Crippen LogP contribution in [0.2, 0.25) is 0 Å². The molecule has 3 rings (SSSR count). The second-order valence-electron chi connectivity index (χ2n) is 6.24. The molecule has 0 aliphatic rings. The molecule has 1 heterocycles. The Morgan fingerprint density at radius 1 is 0.931 bits per heavy atom. The molecule has 0 saturated heterocycles. The fourth-order valence-electron chi connectivity index (χ4n) is 3.03. The van der Waals surface area contributed by atoms with Crippen LogP contribution < -0.4 is 18.9 Å². The fraction of sp³-hybridized carbons (Fsp3) is 0.250. The lowest BCUT2D eigenvalue weighted by Gasteiger charge is -2.15. The van der Waals surface area contributed by atoms with Crippen molar-refractivity contribution in [2.24, 2.45) is 0 Å². The molecule has 0 aliphatic carbocycles. The van der Waals surface area contributed by atoms with Crippen molar-refractivity contribution in [2.45, 2.75) is 18.7 Å². The molecule has 29 heavy (non-hydrogen) atoms. The zero-order chi connectivity index (χ0) is 21.2. The van der Waals surface area contributed by atoms with Gasteiger partial charge in [-0.15, -0.1) is 0 Å². The molecule has 154 valence electrons. The van der Waals surface area contributed by atoms with Gasteiger partial charge in [-0.25, -0.2) is 8.42 Å². The first-order chi connectivity index (χ1) is 13.8. The first-order valence-corrected chi connectivity index (χ1v) is 10.1. The van der Waals surface area contributed by atoms with Gasteiger partial charge < -0.3 is 18.7 Å². The van der Waals surface area contributed by atoms with Gasteiger partial charge in [-0.2, -0.15) is 0 Å². The fourth-order valence-corrected chi connectivity index (χ4v) is 4.29. The van der Waals surface area contributed by atoms with Crippen LogP contribution in [-0.2, 0) is 10.0 Å². The van der Waals surface area contributed by atoms with Crippen LogP contribution in [-0.4, -0.2) is 34.9 Å². The number of nitrogens with one attached hydrogen (secondary N) is 1. The number of hydrogen-bond acceptors (Lipinski definition) is 7. The molecular weight excluding hydrogens is 396 g/mol. The number of rotatable bonds is 7. The molecule has 0 radical (unpaired) electrons. The molecule has 0 bridgehead atoms. The van der Waals surface area contributed by atoms with E-state index in [4.69, 9.17) is 18.7 Å². The molecule has 0 saturated carbocycles. The molecule has 8 nitrogen and oxygen atoms in total. The number of sulfonamides is 1. The SMILES string of the molecule is COc1ccc(OC)c(NS(=O)(=O)c2cc(-c3c(C)noc3C)ccc2OC)c1. The Balaban J connectivity index is 2.10. The summed E-state index contributed by atoms with van der Waals surface area (Å²) in [6.45, 7) is 3.57. The third-order valence-electron chi connectivity index (χ3n) is 4.43. The topological polar surface area (TPSA) is 99.9 Å². The molecule has 0 fully saturated rings. The van der Waals surface area contributed by atoms with E-state index in [-0.39, 0.29) is 16.3 Å². The van der Waals surface area contributed by atoms with Gasteiger partial charge in [0.05, 0.1) is 32.7 Å². The van der Waals surface area contributed by atoms with E-state index in [0.29, 0.717) is 28.5 Å². The van der Waals surface area contributed by atoms with Crippen molar-refractivity contribution < 1.29 is 27.2 Å². The number of methoxy groups -OCH3 is 3. The van der Waals surface area contributed by atoms with Gasteiger partial charge in [-0.3, -0.25) is 4.72 Å². The smallest absolute Gasteiger partial charge is 0.265 e. The number of hydrogen-bond donors (Lipinski definition) is 1. The van der Waals surface area contributed by atoms with Crippen LogP contribution >= 0.6 is 0 Å². The lowest BCUT2D eigenvalue weighted by Crippen LogP contribution is -2.15. The van der Waals surface area contributed by atoms with Crippen molar-refractivity contribution in [3.05, 3.63) is 47.9 Å². The highest BCUT2D eigenvalue weighted by Crippen LogP contribution is 2.36. The van der Waals surface area contributed by atoms with Crippen LogP contribution in [0.5, 0.6) is 17.2 Å². The number of aromatic nitrogens is 1. The van der Waals surface area contributed by atoms with Crippen molar-refractivity contribution in [3.63, 3.8) is 0 Å². The minimum absolute atomic E-state index is 0.0256. The zero-order valence-electron chi connectivity index (χ0n) is 16.8. The highest BCUT2D eigenvalue weighted by Gasteiger charge is 2.24. The third kappa shape index (κ3) is 4.00. The maximum absolute atomic E-state index is 13.2. The number of anilines is 1. The average molecular weight is 418 g/mol. The van der Waals surface area contributed by atoms with Crippen LogP contribution in [0.4, 0.5) is 5.69 Å². The highest BCUT2D eigenvalue weighted by atomic mass is 32.2. The lowest BCUT2D eigenvalue weighted by molar-refractivity contribution is 0.393. The standard InChI is InChI=1S/C20H22N2O6S/c1-12-20(13(2)28-21-12)14-6-8-18(27-5)19(10-14)29(23,24)22-16-11-15(25-3)7-9-17(16)26-4/h6-11,22H,1-5H3. The first-order valence-electron chi connectivity index (χ1n) is 8.67. The normalized spacial score (nSPS) is 11.2. The van der Waals surface area contributed by atoms with E-state index in [1.54, 1.807) is 44.2 Å². The summed E-state index contributed by atoms with van der Waals surface area (Å²) in [4.78, 5) is -0.0256. The molecule has 1 aromatic heterocycles. The predicted octanol–water partition coefficient (Wildman–Crippen LogP) is 3.79. The zero-order valence-corrected chi connectivity index (χ0v) is 17.6. The summed E-state index contributed by atoms with van der Waals surface area (Å²) >= 11 is 0. The molecule has 0 unspecified atom stereocenters. The Kier molecular flexibility index (Phi) is 5.69. The molecule has 3 aromatic rings. The van der Waals surface area contributed by atoms with Crippen molar-refractivity contribution in [2.75, 3.05) is 26.1 Å². The van der Waals surface area contributed by atoms with Gasteiger partial charge >= 0.3 is 0 Å². The van der Waals surface area contributed by atoms with E-state index in [9.17, 15) is 8.42 Å². The Hall–Kier alpha value is -3.20. The molecule has 0 atom stereocenters. The van der Waals surface area contributed by atoms with Crippen LogP contribution in [0, 0.1) is 13.8 Å². The number of ether oxygens (including phenoxy) is 3. The summed E-state index contributed by atoms with van der Waals surface area (Å²) in [5, 5.41) is 3.93. The van der Waals surface area contributed by atoms with Gasteiger partial charge in [0.1, 0.15) is 27.9 Å². The molecule has 0 aliphatic heterocycles. The van der Waals surface area contributed by atoms with Crippen molar-refractivity contribution in [1.29, 1.82) is 0 Å². The maximum atomic E-state index is 13.2. The van der Waals surface area contributed by atoms with Crippen molar-refractivity contribution in [1.82, 2.24) is 5.16 Å². The van der Waals surface area contributed by atoms with Gasteiger partial charge in [0, 0.05) is 11.6 Å². The molecule has 9 heteroatoms. The van der Waals surface area contributed by atoms with E-state index >= 15 is 0 Å². The van der Waals surface area contributed by atoms with E-state index in [0.717, 1.165) is 5.56 Å². The number of benzene rings is 2. The second kappa shape index (κ2) is 8.04. The van der Waals surface area contributed by atoms with E-state index in [1.807, 2.05) is 0 Å². The van der Waals surface area contributed by atoms with E-state index < -0.39 is 10.0 Å². The Morgan fingerprint density at radius 2 is 1.62 bits per heavy atom. The summed E-state index contributed by atoms with van der Waals surface area (Å²) in [6.07, 6.45) is 0. The Morgan fingerprint density at radius 3 is 2.21 bits per heavy atom. The van der Waals surface area contributed by atoms with Crippen LogP contribution in [0.3, 0.4) is 0 Å². The summed E-state index contributed by atoms with van der Waals surface area (Å²) in [5.74, 6) is 1.64. The third-order valence-corrected chi connectivity index (χ3v) is 5.81. The van der Waals surface area contributed by atoms with Crippen LogP contribution in [0.25, 0.3) is 11.1 Å². The van der Waals surface area contributed by atoms with Crippen molar-refractivity contribution in [3.8, 4) is 28.4 Å². The number of nitrogens with zero attached hydrogens (tertiary/aromatic N) is 1. The average Bonchev–Trinajstić information content (AvgIpc) is 3.05. The van der Waals surface area contributed by atoms with Crippen LogP contribution in [0.1, 0.15) is 11.5 Å². The predicted molar refractivity (Wildman–Crippen MR) is 108 cm³/mol. The minimum atomic E-state index is -4.01. The largest absolute Gasteiger partial charge is 0.497 e. The van der Waals surface area contributed by atoms with Gasteiger partial charge in [-0.05, 0) is 43.7 Å². The molecule has 1 N–H and O–H groups in total. The molecule has 2 aromatic carbocycles. The van der Waals surface area contributed by atoms with Crippen molar-refractivity contribution >= 4 is 15.7 Å². The molecule has 0 amide bonds. The van der Waals surface area contributed by atoms with E-state index in [2.05, 4.69) is 9.88 Å². The Bertz CT molecular complexity index is 1120. The van der Waals surface area contributed by atoms with Gasteiger partial charge in [-0.1, -0.05) is 11.2 Å².